The number of ether oxygens (including phenoxy) is 3. The van der Waals surface area contributed by atoms with E-state index in [2.05, 4.69) is 10.5 Å². The number of piperazine rings is 1. The zero-order valence-electron chi connectivity index (χ0n) is 18.1. The van der Waals surface area contributed by atoms with Crippen LogP contribution in [0.25, 0.3) is 0 Å². The van der Waals surface area contributed by atoms with Crippen LogP contribution >= 0.6 is 0 Å². The van der Waals surface area contributed by atoms with E-state index < -0.39 is 10.0 Å². The second-order valence-electron chi connectivity index (χ2n) is 6.89. The molecule has 0 spiro atoms. The van der Waals surface area contributed by atoms with Gasteiger partial charge in [0, 0.05) is 38.3 Å². The third kappa shape index (κ3) is 4.39. The molecule has 0 unspecified atom stereocenters. The van der Waals surface area contributed by atoms with Crippen molar-refractivity contribution in [2.75, 3.05) is 52.8 Å². The summed E-state index contributed by atoms with van der Waals surface area (Å²) in [7, 11) is 0.728. The molecule has 170 valence electrons. The third-order valence-electron chi connectivity index (χ3n) is 5.01. The maximum absolute atomic E-state index is 12.9. The highest BCUT2D eigenvalue weighted by atomic mass is 32.2. The zero-order chi connectivity index (χ0) is 22.8. The lowest BCUT2D eigenvalue weighted by atomic mass is 10.2. The van der Waals surface area contributed by atoms with Crippen LogP contribution in [0.2, 0.25) is 0 Å². The van der Waals surface area contributed by atoms with Crippen molar-refractivity contribution in [1.82, 2.24) is 14.4 Å². The van der Waals surface area contributed by atoms with Crippen LogP contribution in [0.3, 0.4) is 0 Å². The van der Waals surface area contributed by atoms with Gasteiger partial charge < -0.3 is 29.0 Å². The van der Waals surface area contributed by atoms with Crippen LogP contribution < -0.4 is 19.5 Å². The van der Waals surface area contributed by atoms with Crippen molar-refractivity contribution in [2.45, 2.75) is 18.7 Å². The number of benzene rings is 1. The fourth-order valence-electron chi connectivity index (χ4n) is 3.46. The molecule has 0 bridgehead atoms. The van der Waals surface area contributed by atoms with Gasteiger partial charge in [0.25, 0.3) is 0 Å². The van der Waals surface area contributed by atoms with Gasteiger partial charge in [0.05, 0.1) is 27.0 Å². The summed E-state index contributed by atoms with van der Waals surface area (Å²) in [5, 5.41) is 6.51. The summed E-state index contributed by atoms with van der Waals surface area (Å²) in [6.45, 7) is 3.94. The van der Waals surface area contributed by atoms with Crippen molar-refractivity contribution in [2.24, 2.45) is 0 Å². The Labute approximate surface area is 180 Å². The van der Waals surface area contributed by atoms with Gasteiger partial charge in [-0.05, 0) is 13.8 Å². The number of nitrogens with one attached hydrogen (secondary N) is 1. The molecule has 1 saturated heterocycles. The van der Waals surface area contributed by atoms with E-state index in [-0.39, 0.29) is 42.9 Å². The Balaban J connectivity index is 1.69. The van der Waals surface area contributed by atoms with E-state index in [0.717, 1.165) is 0 Å². The monoisotopic (exact) mass is 454 g/mol. The maximum Gasteiger partial charge on any atom is 0.321 e. The first-order chi connectivity index (χ1) is 14.7. The van der Waals surface area contributed by atoms with Crippen LogP contribution in [-0.2, 0) is 10.0 Å². The molecule has 2 aromatic rings. The lowest BCUT2D eigenvalue weighted by Gasteiger charge is -2.33. The minimum Gasteiger partial charge on any atom is -0.493 e. The number of hydrogen-bond donors (Lipinski definition) is 1. The number of carbonyl (C=O) groups is 1. The Morgan fingerprint density at radius 3 is 2.06 bits per heavy atom. The fourth-order valence-corrected chi connectivity index (χ4v) is 5.17. The van der Waals surface area contributed by atoms with Crippen LogP contribution in [0.5, 0.6) is 17.2 Å². The molecule has 1 aromatic heterocycles. The minimum absolute atomic E-state index is 0.0859. The number of nitrogens with zero attached hydrogens (tertiary/aromatic N) is 3. The van der Waals surface area contributed by atoms with Gasteiger partial charge in [-0.3, -0.25) is 0 Å². The van der Waals surface area contributed by atoms with Crippen LogP contribution in [0.15, 0.2) is 21.6 Å². The number of anilines is 1. The number of amides is 2. The van der Waals surface area contributed by atoms with Gasteiger partial charge in [0.1, 0.15) is 10.6 Å². The summed E-state index contributed by atoms with van der Waals surface area (Å²) in [6.07, 6.45) is 0. The van der Waals surface area contributed by atoms with Crippen LogP contribution in [0.1, 0.15) is 11.5 Å². The van der Waals surface area contributed by atoms with Gasteiger partial charge in [-0.15, -0.1) is 0 Å². The molecule has 1 N–H and O–H groups in total. The number of methoxy groups -OCH3 is 3. The molecule has 1 aromatic carbocycles. The molecule has 2 amide bonds. The van der Waals surface area contributed by atoms with E-state index in [1.807, 2.05) is 0 Å². The van der Waals surface area contributed by atoms with E-state index in [4.69, 9.17) is 18.7 Å². The number of aryl methyl sites for hydroxylation is 2. The Morgan fingerprint density at radius 2 is 1.61 bits per heavy atom. The summed E-state index contributed by atoms with van der Waals surface area (Å²) in [5.74, 6) is 1.49. The second-order valence-corrected chi connectivity index (χ2v) is 8.76. The van der Waals surface area contributed by atoms with Crippen molar-refractivity contribution in [3.63, 3.8) is 0 Å². The predicted octanol–water partition coefficient (Wildman–Crippen LogP) is 1.86. The Morgan fingerprint density at radius 1 is 1.03 bits per heavy atom. The first kappa shape index (κ1) is 22.7. The molecule has 3 rings (SSSR count). The quantitative estimate of drug-likeness (QED) is 0.702. The first-order valence-corrected chi connectivity index (χ1v) is 11.0. The number of rotatable bonds is 6. The van der Waals surface area contributed by atoms with Gasteiger partial charge in [0.15, 0.2) is 17.3 Å². The maximum atomic E-state index is 12.9. The van der Waals surface area contributed by atoms with E-state index in [0.29, 0.717) is 28.6 Å². The zero-order valence-corrected chi connectivity index (χ0v) is 18.9. The number of sulfonamides is 1. The summed E-state index contributed by atoms with van der Waals surface area (Å²) < 4.78 is 48.1. The van der Waals surface area contributed by atoms with Crippen molar-refractivity contribution in [3.05, 3.63) is 23.6 Å². The fraction of sp³-hybridized carbons (Fsp3) is 0.474. The Bertz CT molecular complexity index is 1010. The van der Waals surface area contributed by atoms with Gasteiger partial charge in [-0.2, -0.15) is 4.31 Å². The van der Waals surface area contributed by atoms with Gasteiger partial charge in [-0.25, -0.2) is 13.2 Å². The summed E-state index contributed by atoms with van der Waals surface area (Å²) in [4.78, 5) is 14.4. The van der Waals surface area contributed by atoms with Gasteiger partial charge in [-0.1, -0.05) is 5.16 Å². The number of carbonyl (C=O) groups excluding carboxylic acids is 1. The summed E-state index contributed by atoms with van der Waals surface area (Å²) in [6, 6.07) is 2.89. The molecule has 1 fully saturated rings. The van der Waals surface area contributed by atoms with E-state index in [1.54, 1.807) is 30.9 Å². The normalized spacial score (nSPS) is 14.9. The molecule has 31 heavy (non-hydrogen) atoms. The molecule has 11 nitrogen and oxygen atoms in total. The topological polar surface area (TPSA) is 123 Å². The van der Waals surface area contributed by atoms with E-state index in [9.17, 15) is 13.2 Å². The van der Waals surface area contributed by atoms with Crippen molar-refractivity contribution >= 4 is 21.7 Å². The molecule has 0 atom stereocenters. The lowest BCUT2D eigenvalue weighted by Crippen LogP contribution is -2.51. The molecule has 2 heterocycles. The second kappa shape index (κ2) is 9.02. The van der Waals surface area contributed by atoms with Gasteiger partial charge in [0.2, 0.25) is 15.8 Å². The number of hydrogen-bond acceptors (Lipinski definition) is 8. The minimum atomic E-state index is -3.74. The molecule has 0 saturated carbocycles. The third-order valence-corrected chi connectivity index (χ3v) is 7.15. The predicted molar refractivity (Wildman–Crippen MR) is 111 cm³/mol. The average Bonchev–Trinajstić information content (AvgIpc) is 3.11. The number of aromatic nitrogens is 1. The molecular formula is C19H26N4O7S. The average molecular weight is 455 g/mol. The highest BCUT2D eigenvalue weighted by molar-refractivity contribution is 7.89. The SMILES string of the molecule is COc1cc(NC(=O)N2CCN(S(=O)(=O)c3c(C)noc3C)CC2)cc(OC)c1OC. The molecule has 0 aliphatic carbocycles. The van der Waals surface area contributed by atoms with E-state index >= 15 is 0 Å². The van der Waals surface area contributed by atoms with Crippen LogP contribution in [0.4, 0.5) is 10.5 Å². The standard InChI is InChI=1S/C19H26N4O7S/c1-12-18(13(2)30-21-12)31(25,26)23-8-6-22(7-9-23)19(24)20-14-10-15(27-3)17(29-5)16(11-14)28-4/h10-11H,6-9H2,1-5H3,(H,20,24). The van der Waals surface area contributed by atoms with Gasteiger partial charge >= 0.3 is 6.03 Å². The molecule has 0 radical (unpaired) electrons. The molecule has 12 heteroatoms. The van der Waals surface area contributed by atoms with Crippen LogP contribution in [-0.4, -0.2) is 76.3 Å². The van der Waals surface area contributed by atoms with Crippen LogP contribution in [0, 0.1) is 13.8 Å². The van der Waals surface area contributed by atoms with Crippen molar-refractivity contribution in [1.29, 1.82) is 0 Å². The summed E-state index contributed by atoms with van der Waals surface area (Å²) >= 11 is 0. The molecular weight excluding hydrogens is 428 g/mol. The summed E-state index contributed by atoms with van der Waals surface area (Å²) in [5.41, 5.74) is 0.783. The highest BCUT2D eigenvalue weighted by Crippen LogP contribution is 2.40. The smallest absolute Gasteiger partial charge is 0.321 e. The first-order valence-electron chi connectivity index (χ1n) is 9.51. The molecule has 1 aliphatic heterocycles. The van der Waals surface area contributed by atoms with E-state index in [1.165, 1.54) is 25.6 Å². The number of urea groups is 1. The lowest BCUT2D eigenvalue weighted by molar-refractivity contribution is 0.184. The molecule has 1 aliphatic rings. The Kier molecular flexibility index (Phi) is 6.60. The van der Waals surface area contributed by atoms with Crippen molar-refractivity contribution < 1.29 is 31.9 Å². The Hall–Kier alpha value is -2.99. The largest absolute Gasteiger partial charge is 0.493 e. The highest BCUT2D eigenvalue weighted by Gasteiger charge is 2.34. The van der Waals surface area contributed by atoms with Crippen molar-refractivity contribution in [3.8, 4) is 17.2 Å².